The summed E-state index contributed by atoms with van der Waals surface area (Å²) in [5.74, 6) is 0.653. The molecule has 77 heavy (non-hydrogen) atoms. The fourth-order valence-electron chi connectivity index (χ4n) is 11.5. The monoisotopic (exact) mass is 1020 g/mol. The third kappa shape index (κ3) is 11.1. The van der Waals surface area contributed by atoms with Crippen molar-refractivity contribution >= 4 is 43.8 Å². The van der Waals surface area contributed by atoms with E-state index in [0.29, 0.717) is 5.92 Å². The van der Waals surface area contributed by atoms with Gasteiger partial charge in [0.15, 0.2) is 0 Å². The second-order valence-electron chi connectivity index (χ2n) is 21.2. The molecule has 0 aliphatic heterocycles. The van der Waals surface area contributed by atoms with Gasteiger partial charge in [-0.05, 0) is 179 Å². The van der Waals surface area contributed by atoms with Crippen molar-refractivity contribution < 1.29 is 0 Å². The first-order valence-electron chi connectivity index (χ1n) is 27.5. The topological polar surface area (TPSA) is 0 Å². The van der Waals surface area contributed by atoms with Gasteiger partial charge >= 0.3 is 0 Å². The molecule has 0 atom stereocenters. The van der Waals surface area contributed by atoms with Gasteiger partial charge in [0.25, 0.3) is 0 Å². The summed E-state index contributed by atoms with van der Waals surface area (Å²) in [5, 5.41) is 4.16. The molecule has 2 aliphatic carbocycles. The average molecular weight is 1020 g/mol. The van der Waals surface area contributed by atoms with Crippen LogP contribution < -0.4 is 0 Å². The SMILES string of the molecule is C=C/C=C(\C=C)c1ccc(CC)c(-c2cc(C)ccc2C)c1.Cc1ccc(C(C)C)cc1.Cc1ccc2c(c1)C(c1ccccc1)(c1ccccc1)c1cc(C)c3ccccc3c1-2.Cc1cccc2sc3c(c12)C=CCC3. The van der Waals surface area contributed by atoms with Gasteiger partial charge in [-0.1, -0.05) is 257 Å². The summed E-state index contributed by atoms with van der Waals surface area (Å²) in [6, 6.07) is 69.0. The van der Waals surface area contributed by atoms with E-state index in [4.69, 9.17) is 0 Å². The Bertz CT molecular complexity index is 3740. The van der Waals surface area contributed by atoms with E-state index in [1.807, 2.05) is 29.6 Å². The third-order valence-electron chi connectivity index (χ3n) is 15.5. The van der Waals surface area contributed by atoms with E-state index in [0.717, 1.165) is 12.0 Å². The van der Waals surface area contributed by atoms with Crippen LogP contribution in [0.2, 0.25) is 0 Å². The van der Waals surface area contributed by atoms with Crippen LogP contribution in [0.3, 0.4) is 0 Å². The molecule has 0 saturated carbocycles. The van der Waals surface area contributed by atoms with Gasteiger partial charge in [0, 0.05) is 15.0 Å². The predicted octanol–water partition coefficient (Wildman–Crippen LogP) is 21.4. The van der Waals surface area contributed by atoms with Crippen LogP contribution in [-0.2, 0) is 18.3 Å². The lowest BCUT2D eigenvalue weighted by atomic mass is 9.67. The molecule has 1 heteroatoms. The molecule has 0 spiro atoms. The number of aryl methyl sites for hydroxylation is 8. The quantitative estimate of drug-likeness (QED) is 0.133. The van der Waals surface area contributed by atoms with Crippen LogP contribution in [0.1, 0.15) is 116 Å². The van der Waals surface area contributed by atoms with Crippen LogP contribution in [0.4, 0.5) is 0 Å². The summed E-state index contributed by atoms with van der Waals surface area (Å²) in [4.78, 5) is 1.57. The normalized spacial score (nSPS) is 12.8. The third-order valence-corrected chi connectivity index (χ3v) is 16.8. The molecule has 0 N–H and O–H groups in total. The number of hydrogen-bond donors (Lipinski definition) is 0. The lowest BCUT2D eigenvalue weighted by Crippen LogP contribution is -2.28. The van der Waals surface area contributed by atoms with Crippen molar-refractivity contribution in [3.05, 3.63) is 308 Å². The summed E-state index contributed by atoms with van der Waals surface area (Å²) >= 11 is 1.96. The summed E-state index contributed by atoms with van der Waals surface area (Å²) in [5.41, 5.74) is 25.0. The fraction of sp³-hybridized carbons (Fsp3) is 0.184. The van der Waals surface area contributed by atoms with E-state index in [1.165, 1.54) is 134 Å². The highest BCUT2D eigenvalue weighted by molar-refractivity contribution is 7.19. The van der Waals surface area contributed by atoms with Gasteiger partial charge in [0.05, 0.1) is 5.41 Å². The highest BCUT2D eigenvalue weighted by Crippen LogP contribution is 2.58. The van der Waals surface area contributed by atoms with Gasteiger partial charge in [-0.2, -0.15) is 0 Å². The van der Waals surface area contributed by atoms with Gasteiger partial charge in [-0.15, -0.1) is 11.3 Å². The molecule has 10 aromatic rings. The van der Waals surface area contributed by atoms with Gasteiger partial charge in [-0.3, -0.25) is 0 Å². The Morgan fingerprint density at radius 2 is 1.22 bits per heavy atom. The van der Waals surface area contributed by atoms with Crippen molar-refractivity contribution in [1.82, 2.24) is 0 Å². The minimum absolute atomic E-state index is 0.325. The van der Waals surface area contributed by atoms with Gasteiger partial charge in [0.2, 0.25) is 0 Å². The van der Waals surface area contributed by atoms with E-state index in [1.54, 1.807) is 4.88 Å². The number of allylic oxidation sites excluding steroid dienone is 5. The van der Waals surface area contributed by atoms with Gasteiger partial charge < -0.3 is 0 Å². The van der Waals surface area contributed by atoms with Crippen LogP contribution in [0, 0.1) is 41.5 Å². The highest BCUT2D eigenvalue weighted by atomic mass is 32.1. The molecule has 2 aliphatic rings. The molecule has 0 bridgehead atoms. The predicted molar refractivity (Wildman–Crippen MR) is 339 cm³/mol. The summed E-state index contributed by atoms with van der Waals surface area (Å²) in [7, 11) is 0. The first kappa shape index (κ1) is 54.0. The van der Waals surface area contributed by atoms with Crippen LogP contribution in [0.25, 0.3) is 54.8 Å². The highest BCUT2D eigenvalue weighted by Gasteiger charge is 2.47. The lowest BCUT2D eigenvalue weighted by molar-refractivity contribution is 0.767. The molecule has 0 fully saturated rings. The Morgan fingerprint density at radius 1 is 0.571 bits per heavy atom. The first-order valence-corrected chi connectivity index (χ1v) is 28.3. The molecular weight excluding hydrogens is 945 g/mol. The van der Waals surface area contributed by atoms with Crippen molar-refractivity contribution in [2.24, 2.45) is 0 Å². The first-order chi connectivity index (χ1) is 37.4. The Morgan fingerprint density at radius 3 is 1.88 bits per heavy atom. The van der Waals surface area contributed by atoms with Crippen molar-refractivity contribution in [2.75, 3.05) is 0 Å². The molecule has 0 radical (unpaired) electrons. The van der Waals surface area contributed by atoms with Crippen LogP contribution in [-0.4, -0.2) is 0 Å². The maximum Gasteiger partial charge on any atom is 0.0713 e. The minimum Gasteiger partial charge on any atom is -0.140 e. The Kier molecular flexibility index (Phi) is 16.8. The van der Waals surface area contributed by atoms with Crippen molar-refractivity contribution in [3.8, 4) is 22.3 Å². The Labute approximate surface area is 464 Å². The molecule has 0 nitrogen and oxygen atoms in total. The smallest absolute Gasteiger partial charge is 0.0713 e. The average Bonchev–Trinajstić information content (AvgIpc) is 4.16. The molecule has 384 valence electrons. The number of rotatable bonds is 8. The summed E-state index contributed by atoms with van der Waals surface area (Å²) in [6.45, 7) is 27.4. The molecule has 12 rings (SSSR count). The second kappa shape index (κ2) is 24.0. The molecule has 0 amide bonds. The number of benzene rings is 9. The Balaban J connectivity index is 0.000000136. The minimum atomic E-state index is -0.325. The van der Waals surface area contributed by atoms with Gasteiger partial charge in [0.1, 0.15) is 0 Å². The molecule has 9 aromatic carbocycles. The molecule has 0 unspecified atom stereocenters. The Hall–Kier alpha value is -7.84. The summed E-state index contributed by atoms with van der Waals surface area (Å²) in [6.07, 6.45) is 13.7. The van der Waals surface area contributed by atoms with E-state index < -0.39 is 0 Å². The van der Waals surface area contributed by atoms with E-state index in [-0.39, 0.29) is 5.41 Å². The summed E-state index contributed by atoms with van der Waals surface area (Å²) < 4.78 is 1.45. The van der Waals surface area contributed by atoms with Crippen LogP contribution in [0.5, 0.6) is 0 Å². The number of fused-ring (bicyclic) bond motifs is 8. The largest absolute Gasteiger partial charge is 0.140 e. The fourth-order valence-corrected chi connectivity index (χ4v) is 12.8. The van der Waals surface area contributed by atoms with Crippen molar-refractivity contribution in [2.45, 2.75) is 92.9 Å². The zero-order valence-corrected chi connectivity index (χ0v) is 47.6. The number of hydrogen-bond acceptors (Lipinski definition) is 1. The zero-order chi connectivity index (χ0) is 54.2. The molecule has 0 saturated heterocycles. The molecule has 1 heterocycles. The van der Waals surface area contributed by atoms with Crippen molar-refractivity contribution in [3.63, 3.8) is 0 Å². The van der Waals surface area contributed by atoms with E-state index in [2.05, 4.69) is 276 Å². The maximum atomic E-state index is 3.92. The van der Waals surface area contributed by atoms with Crippen molar-refractivity contribution in [1.29, 1.82) is 0 Å². The van der Waals surface area contributed by atoms with Gasteiger partial charge in [-0.25, -0.2) is 0 Å². The van der Waals surface area contributed by atoms with E-state index in [9.17, 15) is 0 Å². The molecular formula is C76H74S. The maximum absolute atomic E-state index is 3.92. The van der Waals surface area contributed by atoms with Crippen LogP contribution >= 0.6 is 11.3 Å². The van der Waals surface area contributed by atoms with Crippen LogP contribution in [0.15, 0.2) is 226 Å². The molecule has 1 aromatic heterocycles. The zero-order valence-electron chi connectivity index (χ0n) is 46.8. The lowest BCUT2D eigenvalue weighted by Gasteiger charge is -2.34. The standard InChI is InChI=1S/C31H24.C22H24.C13H12S.C10H14/c1-21-17-18-27-28(19-21)31(23-11-5-3-6-12-23,24-13-7-4-8-14-24)29-20-22(2)25-15-9-10-16-26(25)30(27)29;1-6-9-18(7-2)20-13-12-19(8-3)22(15-20)21-14-16(4)10-11-17(21)5;1-9-5-4-8-12-13(9)10-6-2-3-7-11(10)14-12;1-8(2)10-6-4-9(3)5-7-10/h3-20H,1-2H3;6-7,9-15H,1-2,8H2,3-5H3;2,4-6,8H,3,7H2,1H3;4-8H,1-3H3/b;18-9+;;. The second-order valence-corrected chi connectivity index (χ2v) is 22.3. The van der Waals surface area contributed by atoms with E-state index >= 15 is 0 Å². The number of thiophene rings is 1.